The van der Waals surface area contributed by atoms with E-state index in [2.05, 4.69) is 66.1 Å². The minimum Gasteiger partial charge on any atom is -0.313 e. The number of unbranched alkanes of at least 4 members (excludes halogenated alkanes) is 7. The Balaban J connectivity index is 2.14. The molecule has 0 heterocycles. The van der Waals surface area contributed by atoms with Crippen LogP contribution in [-0.4, -0.2) is 7.05 Å². The molecule has 2 heteroatoms. The number of rotatable bonds is 11. The summed E-state index contributed by atoms with van der Waals surface area (Å²) in [6.07, 6.45) is 12.4. The van der Waals surface area contributed by atoms with Gasteiger partial charge in [0.2, 0.25) is 0 Å². The molecule has 0 radical (unpaired) electrons. The summed E-state index contributed by atoms with van der Waals surface area (Å²) in [7, 11) is 2.08. The third-order valence-corrected chi connectivity index (χ3v) is 4.69. The molecule has 0 aliphatic rings. The lowest BCUT2D eigenvalue weighted by Gasteiger charge is -2.16. The highest BCUT2D eigenvalue weighted by Crippen LogP contribution is 2.21. The van der Waals surface area contributed by atoms with Gasteiger partial charge in [0.05, 0.1) is 0 Å². The van der Waals surface area contributed by atoms with Crippen molar-refractivity contribution in [2.75, 3.05) is 7.05 Å². The summed E-state index contributed by atoms with van der Waals surface area (Å²) in [6, 6.07) is 9.44. The largest absolute Gasteiger partial charge is 0.313 e. The first kappa shape index (κ1) is 18.0. The van der Waals surface area contributed by atoms with Gasteiger partial charge in [-0.15, -0.1) is 0 Å². The first-order chi connectivity index (χ1) is 9.77. The molecule has 1 N–H and O–H groups in total. The van der Waals surface area contributed by atoms with E-state index in [-0.39, 0.29) is 0 Å². The van der Waals surface area contributed by atoms with Crippen molar-refractivity contribution in [3.63, 3.8) is 0 Å². The molecule has 1 aromatic carbocycles. The lowest BCUT2D eigenvalue weighted by molar-refractivity contribution is 0.494. The van der Waals surface area contributed by atoms with E-state index < -0.39 is 0 Å². The molecular weight excluding hydrogens is 357 g/mol. The van der Waals surface area contributed by atoms with Gasteiger partial charge in [-0.05, 0) is 53.8 Å². The molecule has 0 bridgehead atoms. The zero-order valence-electron chi connectivity index (χ0n) is 13.1. The fraction of sp³-hybridized carbons (Fsp3) is 0.667. The van der Waals surface area contributed by atoms with E-state index in [9.17, 15) is 0 Å². The maximum atomic E-state index is 3.45. The molecule has 0 saturated carbocycles. The molecule has 20 heavy (non-hydrogen) atoms. The van der Waals surface area contributed by atoms with Gasteiger partial charge in [-0.2, -0.15) is 0 Å². The van der Waals surface area contributed by atoms with E-state index in [0.29, 0.717) is 6.04 Å². The zero-order valence-corrected chi connectivity index (χ0v) is 15.3. The van der Waals surface area contributed by atoms with Crippen LogP contribution in [0, 0.1) is 3.57 Å². The second-order valence-corrected chi connectivity index (χ2v) is 6.90. The highest BCUT2D eigenvalue weighted by Gasteiger charge is 2.08. The predicted molar refractivity (Wildman–Crippen MR) is 98.2 cm³/mol. The summed E-state index contributed by atoms with van der Waals surface area (Å²) >= 11 is 2.36. The Labute approximate surface area is 139 Å². The fourth-order valence-electron chi connectivity index (χ4n) is 2.66. The molecule has 0 aliphatic carbocycles. The maximum Gasteiger partial charge on any atom is 0.0317 e. The van der Waals surface area contributed by atoms with Crippen LogP contribution in [0.15, 0.2) is 24.3 Å². The van der Waals surface area contributed by atoms with Gasteiger partial charge in [0.15, 0.2) is 0 Å². The van der Waals surface area contributed by atoms with Crippen molar-refractivity contribution in [2.24, 2.45) is 0 Å². The minimum absolute atomic E-state index is 0.520. The predicted octanol–water partition coefficient (Wildman–Crippen LogP) is 6.08. The number of hydrogen-bond acceptors (Lipinski definition) is 1. The lowest BCUT2D eigenvalue weighted by atomic mass is 9.99. The molecule has 1 aromatic rings. The SMILES string of the molecule is CCCCCCCCCCC(NC)c1ccc(I)cc1. The van der Waals surface area contributed by atoms with Crippen molar-refractivity contribution in [3.05, 3.63) is 33.4 Å². The van der Waals surface area contributed by atoms with Crippen molar-refractivity contribution >= 4 is 22.6 Å². The second-order valence-electron chi connectivity index (χ2n) is 5.66. The van der Waals surface area contributed by atoms with Crippen molar-refractivity contribution in [1.29, 1.82) is 0 Å². The van der Waals surface area contributed by atoms with Crippen molar-refractivity contribution in [1.82, 2.24) is 5.32 Å². The molecule has 0 spiro atoms. The normalized spacial score (nSPS) is 12.6. The van der Waals surface area contributed by atoms with Gasteiger partial charge in [-0.25, -0.2) is 0 Å². The van der Waals surface area contributed by atoms with Crippen molar-refractivity contribution in [2.45, 2.75) is 70.8 Å². The van der Waals surface area contributed by atoms with Gasteiger partial charge in [0, 0.05) is 9.61 Å². The first-order valence-electron chi connectivity index (χ1n) is 8.20. The van der Waals surface area contributed by atoms with E-state index in [1.165, 1.54) is 66.9 Å². The quantitative estimate of drug-likeness (QED) is 0.358. The summed E-state index contributed by atoms with van der Waals surface area (Å²) in [5, 5.41) is 3.45. The average Bonchev–Trinajstić information content (AvgIpc) is 2.47. The van der Waals surface area contributed by atoms with Gasteiger partial charge >= 0.3 is 0 Å². The molecular formula is C18H30IN. The molecule has 0 aromatic heterocycles. The van der Waals surface area contributed by atoms with E-state index in [4.69, 9.17) is 0 Å². The van der Waals surface area contributed by atoms with Gasteiger partial charge in [0.25, 0.3) is 0 Å². The van der Waals surface area contributed by atoms with Crippen LogP contribution in [-0.2, 0) is 0 Å². The number of benzene rings is 1. The van der Waals surface area contributed by atoms with Crippen LogP contribution < -0.4 is 5.32 Å². The molecule has 0 aliphatic heterocycles. The van der Waals surface area contributed by atoms with Crippen LogP contribution in [0.25, 0.3) is 0 Å². The third-order valence-electron chi connectivity index (χ3n) is 3.97. The average molecular weight is 387 g/mol. The lowest BCUT2D eigenvalue weighted by Crippen LogP contribution is -2.16. The van der Waals surface area contributed by atoms with E-state index in [1.807, 2.05) is 0 Å². The smallest absolute Gasteiger partial charge is 0.0317 e. The molecule has 0 saturated heterocycles. The highest BCUT2D eigenvalue weighted by atomic mass is 127. The van der Waals surface area contributed by atoms with Crippen LogP contribution in [0.5, 0.6) is 0 Å². The number of hydrogen-bond donors (Lipinski definition) is 1. The molecule has 1 nitrogen and oxygen atoms in total. The molecule has 114 valence electrons. The zero-order chi connectivity index (χ0) is 14.6. The van der Waals surface area contributed by atoms with Gasteiger partial charge in [-0.1, -0.05) is 70.4 Å². The first-order valence-corrected chi connectivity index (χ1v) is 9.28. The second kappa shape index (κ2) is 11.6. The molecule has 1 rings (SSSR count). The van der Waals surface area contributed by atoms with Crippen LogP contribution in [0.3, 0.4) is 0 Å². The van der Waals surface area contributed by atoms with Crippen molar-refractivity contribution in [3.8, 4) is 0 Å². The summed E-state index contributed by atoms with van der Waals surface area (Å²) in [6.45, 7) is 2.28. The Bertz CT molecular complexity index is 334. The number of halogens is 1. The molecule has 0 fully saturated rings. The Kier molecular flexibility index (Phi) is 10.4. The monoisotopic (exact) mass is 387 g/mol. The fourth-order valence-corrected chi connectivity index (χ4v) is 3.01. The van der Waals surface area contributed by atoms with Crippen LogP contribution >= 0.6 is 22.6 Å². The Morgan fingerprint density at radius 3 is 2.00 bits per heavy atom. The highest BCUT2D eigenvalue weighted by molar-refractivity contribution is 14.1. The number of nitrogens with one attached hydrogen (secondary N) is 1. The van der Waals surface area contributed by atoms with E-state index in [0.717, 1.165) is 0 Å². The van der Waals surface area contributed by atoms with Gasteiger partial charge in [-0.3, -0.25) is 0 Å². The van der Waals surface area contributed by atoms with Crippen LogP contribution in [0.2, 0.25) is 0 Å². The summed E-state index contributed by atoms with van der Waals surface area (Å²) < 4.78 is 1.31. The third kappa shape index (κ3) is 7.63. The summed E-state index contributed by atoms with van der Waals surface area (Å²) in [5.41, 5.74) is 1.43. The standard InChI is InChI=1S/C18H30IN/c1-3-4-5-6-7-8-9-10-11-18(20-2)16-12-14-17(19)15-13-16/h12-15,18,20H,3-11H2,1-2H3. The van der Waals surface area contributed by atoms with Crippen molar-refractivity contribution < 1.29 is 0 Å². The topological polar surface area (TPSA) is 12.0 Å². The van der Waals surface area contributed by atoms with Gasteiger partial charge < -0.3 is 5.32 Å². The molecule has 1 atom stereocenters. The summed E-state index contributed by atoms with van der Waals surface area (Å²) in [4.78, 5) is 0. The Morgan fingerprint density at radius 1 is 0.900 bits per heavy atom. The minimum atomic E-state index is 0.520. The van der Waals surface area contributed by atoms with E-state index >= 15 is 0 Å². The Hall–Kier alpha value is -0.0900. The van der Waals surface area contributed by atoms with E-state index in [1.54, 1.807) is 0 Å². The van der Waals surface area contributed by atoms with Gasteiger partial charge in [0.1, 0.15) is 0 Å². The summed E-state index contributed by atoms with van der Waals surface area (Å²) in [5.74, 6) is 0. The van der Waals surface area contributed by atoms with Crippen LogP contribution in [0.4, 0.5) is 0 Å². The molecule has 0 amide bonds. The maximum absolute atomic E-state index is 3.45. The van der Waals surface area contributed by atoms with Crippen LogP contribution in [0.1, 0.15) is 76.3 Å². The Morgan fingerprint density at radius 2 is 1.45 bits per heavy atom. The molecule has 1 unspecified atom stereocenters.